The van der Waals surface area contributed by atoms with Gasteiger partial charge in [-0.3, -0.25) is 0 Å². The maximum absolute atomic E-state index is 4.30. The van der Waals surface area contributed by atoms with Crippen LogP contribution in [0.1, 0.15) is 52.9 Å². The Balaban J connectivity index is 2.12. The molecule has 2 aliphatic rings. The van der Waals surface area contributed by atoms with E-state index in [1.807, 2.05) is 0 Å². The zero-order chi connectivity index (χ0) is 11.1. The van der Waals surface area contributed by atoms with Crippen LogP contribution in [-0.2, 0) is 0 Å². The number of allylic oxidation sites excluding steroid dienone is 3. The first-order valence-corrected chi connectivity index (χ1v) is 6.34. The summed E-state index contributed by atoms with van der Waals surface area (Å²) in [5.41, 5.74) is 3.68. The van der Waals surface area contributed by atoms with Crippen LogP contribution in [-0.4, -0.2) is 0 Å². The maximum atomic E-state index is 4.30. The summed E-state index contributed by atoms with van der Waals surface area (Å²) in [6.45, 7) is 11.4. The Morgan fingerprint density at radius 2 is 2.07 bits per heavy atom. The molecule has 15 heavy (non-hydrogen) atoms. The van der Waals surface area contributed by atoms with Gasteiger partial charge in [0, 0.05) is 0 Å². The first kappa shape index (κ1) is 11.0. The smallest absolute Gasteiger partial charge is 0.0167 e. The van der Waals surface area contributed by atoms with Crippen molar-refractivity contribution < 1.29 is 0 Å². The van der Waals surface area contributed by atoms with Crippen molar-refractivity contribution >= 4 is 0 Å². The Morgan fingerprint density at radius 1 is 1.33 bits per heavy atom. The molecule has 0 heteroatoms. The first-order chi connectivity index (χ1) is 7.00. The normalized spacial score (nSPS) is 38.9. The SMILES string of the molecule is C=C1CC/C=C(/C)CCC2C1CC2(C)C. The van der Waals surface area contributed by atoms with Crippen LogP contribution in [0.3, 0.4) is 0 Å². The van der Waals surface area contributed by atoms with Crippen LogP contribution in [0.5, 0.6) is 0 Å². The highest BCUT2D eigenvalue weighted by Crippen LogP contribution is 2.56. The van der Waals surface area contributed by atoms with Gasteiger partial charge < -0.3 is 0 Å². The molecule has 0 amide bonds. The van der Waals surface area contributed by atoms with Gasteiger partial charge in [0.1, 0.15) is 0 Å². The molecule has 2 unspecified atom stereocenters. The van der Waals surface area contributed by atoms with Crippen molar-refractivity contribution in [2.75, 3.05) is 0 Å². The molecule has 0 radical (unpaired) electrons. The van der Waals surface area contributed by atoms with Crippen LogP contribution in [0.15, 0.2) is 23.8 Å². The molecule has 1 fully saturated rings. The van der Waals surface area contributed by atoms with E-state index >= 15 is 0 Å². The van der Waals surface area contributed by atoms with Crippen LogP contribution in [0.4, 0.5) is 0 Å². The van der Waals surface area contributed by atoms with Gasteiger partial charge in [0.15, 0.2) is 0 Å². The fourth-order valence-electron chi connectivity index (χ4n) is 3.44. The molecule has 0 heterocycles. The van der Waals surface area contributed by atoms with Gasteiger partial charge in [-0.1, -0.05) is 37.6 Å². The van der Waals surface area contributed by atoms with Crippen LogP contribution >= 0.6 is 0 Å². The third kappa shape index (κ3) is 2.04. The van der Waals surface area contributed by atoms with Gasteiger partial charge >= 0.3 is 0 Å². The lowest BCUT2D eigenvalue weighted by Gasteiger charge is -2.53. The van der Waals surface area contributed by atoms with Crippen LogP contribution < -0.4 is 0 Å². The van der Waals surface area contributed by atoms with E-state index in [1.165, 1.54) is 37.7 Å². The predicted octanol–water partition coefficient (Wildman–Crippen LogP) is 4.73. The second-order valence-corrected chi connectivity index (χ2v) is 6.19. The highest BCUT2D eigenvalue weighted by atomic mass is 14.5. The number of hydrogen-bond donors (Lipinski definition) is 0. The van der Waals surface area contributed by atoms with Gasteiger partial charge in [0.05, 0.1) is 0 Å². The maximum Gasteiger partial charge on any atom is -0.0167 e. The van der Waals surface area contributed by atoms with Gasteiger partial charge in [-0.2, -0.15) is 0 Å². The summed E-state index contributed by atoms with van der Waals surface area (Å²) in [5.74, 6) is 1.73. The lowest BCUT2D eigenvalue weighted by atomic mass is 9.52. The third-order valence-corrected chi connectivity index (χ3v) is 4.57. The van der Waals surface area contributed by atoms with Crippen molar-refractivity contribution in [3.8, 4) is 0 Å². The lowest BCUT2D eigenvalue weighted by molar-refractivity contribution is 0.00384. The van der Waals surface area contributed by atoms with Gasteiger partial charge in [-0.25, -0.2) is 0 Å². The summed E-state index contributed by atoms with van der Waals surface area (Å²) >= 11 is 0. The minimum Gasteiger partial charge on any atom is -0.0996 e. The van der Waals surface area contributed by atoms with Gasteiger partial charge in [0.2, 0.25) is 0 Å². The zero-order valence-corrected chi connectivity index (χ0v) is 10.5. The van der Waals surface area contributed by atoms with Crippen molar-refractivity contribution in [2.45, 2.75) is 52.9 Å². The van der Waals surface area contributed by atoms with E-state index in [-0.39, 0.29) is 0 Å². The summed E-state index contributed by atoms with van der Waals surface area (Å²) in [6.07, 6.45) is 8.90. The Labute approximate surface area is 94.5 Å². The first-order valence-electron chi connectivity index (χ1n) is 6.34. The molecule has 0 aromatic carbocycles. The number of fused-ring (bicyclic) bond motifs is 1. The molecule has 0 aromatic heterocycles. The van der Waals surface area contributed by atoms with E-state index in [4.69, 9.17) is 0 Å². The minimum atomic E-state index is 0.568. The van der Waals surface area contributed by atoms with Crippen molar-refractivity contribution in [1.82, 2.24) is 0 Å². The Morgan fingerprint density at radius 3 is 2.73 bits per heavy atom. The van der Waals surface area contributed by atoms with E-state index in [0.29, 0.717) is 5.41 Å². The largest absolute Gasteiger partial charge is 0.0996 e. The molecule has 0 nitrogen and oxygen atoms in total. The van der Waals surface area contributed by atoms with Gasteiger partial charge in [-0.05, 0) is 56.3 Å². The lowest BCUT2D eigenvalue weighted by Crippen LogP contribution is -2.44. The predicted molar refractivity (Wildman–Crippen MR) is 66.7 cm³/mol. The van der Waals surface area contributed by atoms with E-state index in [1.54, 1.807) is 5.57 Å². The molecule has 2 aliphatic carbocycles. The Hall–Kier alpha value is -0.520. The fourth-order valence-corrected chi connectivity index (χ4v) is 3.44. The summed E-state index contributed by atoms with van der Waals surface area (Å²) in [7, 11) is 0. The highest BCUT2D eigenvalue weighted by molar-refractivity contribution is 5.16. The molecule has 2 atom stereocenters. The molecule has 0 saturated heterocycles. The van der Waals surface area contributed by atoms with Crippen molar-refractivity contribution in [2.24, 2.45) is 17.3 Å². The Kier molecular flexibility index (Phi) is 2.79. The summed E-state index contributed by atoms with van der Waals surface area (Å²) in [5, 5.41) is 0. The van der Waals surface area contributed by atoms with Crippen molar-refractivity contribution in [1.29, 1.82) is 0 Å². The standard InChI is InChI=1S/C15H24/c1-11-6-5-7-12(2)13-10-15(3,4)14(13)9-8-11/h6,13-14H,2,5,7-10H2,1,3-4H3/b11-6-. The quantitative estimate of drug-likeness (QED) is 0.501. The average molecular weight is 204 g/mol. The van der Waals surface area contributed by atoms with Gasteiger partial charge in [-0.15, -0.1) is 0 Å². The molecule has 2 rings (SSSR count). The second-order valence-electron chi connectivity index (χ2n) is 6.19. The monoisotopic (exact) mass is 204 g/mol. The van der Waals surface area contributed by atoms with E-state index < -0.39 is 0 Å². The summed E-state index contributed by atoms with van der Waals surface area (Å²) in [6, 6.07) is 0. The zero-order valence-electron chi connectivity index (χ0n) is 10.5. The summed E-state index contributed by atoms with van der Waals surface area (Å²) < 4.78 is 0. The summed E-state index contributed by atoms with van der Waals surface area (Å²) in [4.78, 5) is 0. The fraction of sp³-hybridized carbons (Fsp3) is 0.733. The molecule has 0 bridgehead atoms. The topological polar surface area (TPSA) is 0 Å². The number of hydrogen-bond acceptors (Lipinski definition) is 0. The molecule has 0 aliphatic heterocycles. The average Bonchev–Trinajstić information content (AvgIpc) is 2.18. The van der Waals surface area contributed by atoms with Crippen LogP contribution in [0.25, 0.3) is 0 Å². The molecule has 84 valence electrons. The number of rotatable bonds is 0. The second kappa shape index (κ2) is 3.81. The van der Waals surface area contributed by atoms with E-state index in [0.717, 1.165) is 11.8 Å². The molecule has 0 spiro atoms. The van der Waals surface area contributed by atoms with Crippen molar-refractivity contribution in [3.63, 3.8) is 0 Å². The molecule has 0 aromatic rings. The van der Waals surface area contributed by atoms with Crippen LogP contribution in [0, 0.1) is 17.3 Å². The molecule has 0 N–H and O–H groups in total. The highest BCUT2D eigenvalue weighted by Gasteiger charge is 2.47. The molecular weight excluding hydrogens is 180 g/mol. The minimum absolute atomic E-state index is 0.568. The van der Waals surface area contributed by atoms with E-state index in [9.17, 15) is 0 Å². The molecule has 1 saturated carbocycles. The Bertz CT molecular complexity index is 293. The van der Waals surface area contributed by atoms with Gasteiger partial charge in [0.25, 0.3) is 0 Å². The third-order valence-electron chi connectivity index (χ3n) is 4.57. The van der Waals surface area contributed by atoms with Crippen molar-refractivity contribution in [3.05, 3.63) is 23.8 Å². The van der Waals surface area contributed by atoms with E-state index in [2.05, 4.69) is 33.4 Å². The molecular formula is C15H24. The van der Waals surface area contributed by atoms with Crippen LogP contribution in [0.2, 0.25) is 0 Å².